The first-order chi connectivity index (χ1) is 11.1. The lowest BCUT2D eigenvalue weighted by atomic mass is 9.92. The fraction of sp³-hybridized carbons (Fsp3) is 0.176. The number of thiophene rings is 1. The van der Waals surface area contributed by atoms with Crippen LogP contribution in [0.3, 0.4) is 0 Å². The summed E-state index contributed by atoms with van der Waals surface area (Å²) in [6, 6.07) is 10.1. The number of fused-ring (bicyclic) bond motifs is 3. The van der Waals surface area contributed by atoms with E-state index in [1.807, 2.05) is 48.3 Å². The standard InChI is InChI=1S/C17H14N2O2S2/c1-19-14-10(9-18-19)7-8-12-13(14)17(23-15(12)16(20)21)22-11-5-3-2-4-6-11/h2-6,9H,7-8H2,1H3,(H,20,21). The molecule has 2 heterocycles. The van der Waals surface area contributed by atoms with Crippen molar-refractivity contribution in [2.24, 2.45) is 7.05 Å². The Kier molecular flexibility index (Phi) is 3.50. The van der Waals surface area contributed by atoms with Gasteiger partial charge in [0.25, 0.3) is 0 Å². The minimum absolute atomic E-state index is 0.463. The summed E-state index contributed by atoms with van der Waals surface area (Å²) < 4.78 is 2.90. The first-order valence-corrected chi connectivity index (χ1v) is 8.91. The van der Waals surface area contributed by atoms with Crippen molar-refractivity contribution in [3.8, 4) is 11.3 Å². The van der Waals surface area contributed by atoms with Gasteiger partial charge in [-0.15, -0.1) is 11.3 Å². The van der Waals surface area contributed by atoms with Gasteiger partial charge in [0.05, 0.1) is 16.1 Å². The summed E-state index contributed by atoms with van der Waals surface area (Å²) in [7, 11) is 1.92. The van der Waals surface area contributed by atoms with E-state index < -0.39 is 5.97 Å². The van der Waals surface area contributed by atoms with Gasteiger partial charge in [0, 0.05) is 17.5 Å². The highest BCUT2D eigenvalue weighted by Crippen LogP contribution is 2.48. The van der Waals surface area contributed by atoms with Crippen LogP contribution in [0.1, 0.15) is 20.8 Å². The molecule has 0 spiro atoms. The van der Waals surface area contributed by atoms with Crippen molar-refractivity contribution >= 4 is 29.1 Å². The van der Waals surface area contributed by atoms with Gasteiger partial charge in [-0.3, -0.25) is 4.68 Å². The number of benzene rings is 1. The zero-order valence-electron chi connectivity index (χ0n) is 12.4. The van der Waals surface area contributed by atoms with Crippen LogP contribution < -0.4 is 0 Å². The third kappa shape index (κ3) is 2.38. The number of carboxylic acids is 1. The van der Waals surface area contributed by atoms with Crippen molar-refractivity contribution in [2.75, 3.05) is 0 Å². The largest absolute Gasteiger partial charge is 0.477 e. The second-order valence-corrected chi connectivity index (χ2v) is 7.80. The molecule has 1 aromatic carbocycles. The highest BCUT2D eigenvalue weighted by atomic mass is 32.2. The Morgan fingerprint density at radius 1 is 1.30 bits per heavy atom. The number of rotatable bonds is 3. The highest BCUT2D eigenvalue weighted by molar-refractivity contribution is 8.01. The fourth-order valence-electron chi connectivity index (χ4n) is 3.01. The van der Waals surface area contributed by atoms with Crippen molar-refractivity contribution < 1.29 is 9.90 Å². The predicted molar refractivity (Wildman–Crippen MR) is 91.5 cm³/mol. The monoisotopic (exact) mass is 342 g/mol. The second kappa shape index (κ2) is 5.54. The third-order valence-electron chi connectivity index (χ3n) is 4.02. The molecule has 6 heteroatoms. The molecule has 0 fully saturated rings. The Morgan fingerprint density at radius 2 is 2.09 bits per heavy atom. The molecule has 0 atom stereocenters. The van der Waals surface area contributed by atoms with Gasteiger partial charge in [0.15, 0.2) is 0 Å². The predicted octanol–water partition coefficient (Wildman–Crippen LogP) is 4.10. The average Bonchev–Trinajstić information content (AvgIpc) is 3.10. The minimum atomic E-state index is -0.836. The lowest BCUT2D eigenvalue weighted by molar-refractivity contribution is 0.0701. The zero-order chi connectivity index (χ0) is 16.0. The number of carbonyl (C=O) groups is 1. The second-order valence-electron chi connectivity index (χ2n) is 5.43. The summed E-state index contributed by atoms with van der Waals surface area (Å²) in [5.41, 5.74) is 4.28. The quantitative estimate of drug-likeness (QED) is 0.779. The molecule has 1 aliphatic carbocycles. The molecule has 116 valence electrons. The van der Waals surface area contributed by atoms with E-state index in [4.69, 9.17) is 0 Å². The van der Waals surface area contributed by atoms with Crippen molar-refractivity contribution in [2.45, 2.75) is 21.9 Å². The number of aromatic nitrogens is 2. The van der Waals surface area contributed by atoms with Gasteiger partial charge in [0.1, 0.15) is 4.88 Å². The van der Waals surface area contributed by atoms with E-state index in [0.29, 0.717) is 4.88 Å². The molecule has 3 aromatic rings. The molecule has 0 saturated carbocycles. The summed E-state index contributed by atoms with van der Waals surface area (Å²) in [5.74, 6) is -0.836. The van der Waals surface area contributed by atoms with E-state index in [0.717, 1.165) is 38.8 Å². The molecule has 4 rings (SSSR count). The van der Waals surface area contributed by atoms with Crippen LogP contribution in [0.2, 0.25) is 0 Å². The van der Waals surface area contributed by atoms with Crippen molar-refractivity contribution in [3.05, 3.63) is 52.5 Å². The van der Waals surface area contributed by atoms with Crippen LogP contribution in [0.4, 0.5) is 0 Å². The smallest absolute Gasteiger partial charge is 0.346 e. The van der Waals surface area contributed by atoms with Gasteiger partial charge < -0.3 is 5.11 Å². The maximum absolute atomic E-state index is 11.7. The Morgan fingerprint density at radius 3 is 2.83 bits per heavy atom. The van der Waals surface area contributed by atoms with Gasteiger partial charge in [0.2, 0.25) is 0 Å². The number of carboxylic acid groups (broad SMARTS) is 1. The molecule has 23 heavy (non-hydrogen) atoms. The van der Waals surface area contributed by atoms with Gasteiger partial charge in [-0.2, -0.15) is 5.10 Å². The van der Waals surface area contributed by atoms with Crippen molar-refractivity contribution in [1.82, 2.24) is 9.78 Å². The summed E-state index contributed by atoms with van der Waals surface area (Å²) in [5, 5.41) is 13.9. The maximum Gasteiger partial charge on any atom is 0.346 e. The maximum atomic E-state index is 11.7. The first kappa shape index (κ1) is 14.5. The molecule has 1 N–H and O–H groups in total. The van der Waals surface area contributed by atoms with E-state index in [9.17, 15) is 9.90 Å². The number of hydrogen-bond acceptors (Lipinski definition) is 4. The number of aromatic carboxylic acids is 1. The molecule has 0 aliphatic heterocycles. The molecule has 0 radical (unpaired) electrons. The third-order valence-corrected chi connectivity index (χ3v) is 6.43. The Labute approximate surface area is 141 Å². The lowest BCUT2D eigenvalue weighted by Gasteiger charge is -2.15. The lowest BCUT2D eigenvalue weighted by Crippen LogP contribution is -2.07. The van der Waals surface area contributed by atoms with E-state index >= 15 is 0 Å². The Hall–Kier alpha value is -2.05. The van der Waals surface area contributed by atoms with E-state index in [-0.39, 0.29) is 0 Å². The van der Waals surface area contributed by atoms with Crippen LogP contribution >= 0.6 is 23.1 Å². The van der Waals surface area contributed by atoms with Crippen LogP contribution in [-0.4, -0.2) is 20.9 Å². The van der Waals surface area contributed by atoms with Gasteiger partial charge in [-0.25, -0.2) is 4.79 Å². The van der Waals surface area contributed by atoms with E-state index in [1.54, 1.807) is 11.8 Å². The zero-order valence-corrected chi connectivity index (χ0v) is 14.1. The first-order valence-electron chi connectivity index (χ1n) is 7.28. The van der Waals surface area contributed by atoms with Crippen molar-refractivity contribution in [3.63, 3.8) is 0 Å². The van der Waals surface area contributed by atoms with Gasteiger partial charge in [-0.05, 0) is 36.1 Å². The topological polar surface area (TPSA) is 55.1 Å². The van der Waals surface area contributed by atoms with Crippen molar-refractivity contribution in [1.29, 1.82) is 0 Å². The Bertz CT molecular complexity index is 897. The van der Waals surface area contributed by atoms with Gasteiger partial charge in [-0.1, -0.05) is 30.0 Å². The molecule has 0 bridgehead atoms. The van der Waals surface area contributed by atoms with Crippen LogP contribution in [-0.2, 0) is 19.9 Å². The van der Waals surface area contributed by atoms with Gasteiger partial charge >= 0.3 is 5.97 Å². The molecule has 2 aromatic heterocycles. The molecule has 0 saturated heterocycles. The fourth-order valence-corrected chi connectivity index (χ4v) is 5.46. The van der Waals surface area contributed by atoms with Crippen LogP contribution in [0.5, 0.6) is 0 Å². The average molecular weight is 342 g/mol. The van der Waals surface area contributed by atoms with Crippen LogP contribution in [0.25, 0.3) is 11.3 Å². The van der Waals surface area contributed by atoms with Crippen LogP contribution in [0, 0.1) is 0 Å². The minimum Gasteiger partial charge on any atom is -0.477 e. The molecular formula is C17H14N2O2S2. The molecule has 0 unspecified atom stereocenters. The highest BCUT2D eigenvalue weighted by Gasteiger charge is 2.30. The number of nitrogens with zero attached hydrogens (tertiary/aromatic N) is 2. The molecular weight excluding hydrogens is 328 g/mol. The summed E-state index contributed by atoms with van der Waals surface area (Å²) in [6.07, 6.45) is 3.51. The molecule has 0 amide bonds. The summed E-state index contributed by atoms with van der Waals surface area (Å²) in [4.78, 5) is 13.2. The number of hydrogen-bond donors (Lipinski definition) is 1. The summed E-state index contributed by atoms with van der Waals surface area (Å²) >= 11 is 3.01. The molecule has 4 nitrogen and oxygen atoms in total. The van der Waals surface area contributed by atoms with E-state index in [1.165, 1.54) is 16.9 Å². The van der Waals surface area contributed by atoms with Crippen LogP contribution in [0.15, 0.2) is 45.6 Å². The Balaban J connectivity index is 1.91. The molecule has 1 aliphatic rings. The van der Waals surface area contributed by atoms with E-state index in [2.05, 4.69) is 5.10 Å². The number of aryl methyl sites for hydroxylation is 2. The summed E-state index contributed by atoms with van der Waals surface area (Å²) in [6.45, 7) is 0. The normalized spacial score (nSPS) is 12.7. The SMILES string of the molecule is Cn1ncc2c1-c1c(Sc3ccccc3)sc(C(=O)O)c1CC2.